The minimum absolute atomic E-state index is 0.0768. The number of esters is 3. The molecule has 0 rings (SSSR count). The van der Waals surface area contributed by atoms with Crippen molar-refractivity contribution in [3.63, 3.8) is 0 Å². The van der Waals surface area contributed by atoms with E-state index in [4.69, 9.17) is 14.2 Å². The van der Waals surface area contributed by atoms with Gasteiger partial charge in [0.15, 0.2) is 6.10 Å². The van der Waals surface area contributed by atoms with E-state index >= 15 is 0 Å². The fourth-order valence-corrected chi connectivity index (χ4v) is 9.89. The highest BCUT2D eigenvalue weighted by atomic mass is 16.6. The van der Waals surface area contributed by atoms with Gasteiger partial charge in [0.2, 0.25) is 0 Å². The van der Waals surface area contributed by atoms with Gasteiger partial charge >= 0.3 is 17.9 Å². The van der Waals surface area contributed by atoms with Gasteiger partial charge < -0.3 is 14.2 Å². The van der Waals surface area contributed by atoms with Crippen LogP contribution in [0.5, 0.6) is 0 Å². The maximum absolute atomic E-state index is 12.9. The Bertz CT molecular complexity index is 1580. The third-order valence-electron chi connectivity index (χ3n) is 15.1. The first-order valence-electron chi connectivity index (χ1n) is 34.7. The predicted molar refractivity (Wildman–Crippen MR) is 353 cm³/mol. The van der Waals surface area contributed by atoms with Gasteiger partial charge in [-0.1, -0.05) is 317 Å². The van der Waals surface area contributed by atoms with Crippen molar-refractivity contribution in [3.05, 3.63) is 97.2 Å². The Hall–Kier alpha value is -3.67. The molecule has 0 aromatic heterocycles. The van der Waals surface area contributed by atoms with Crippen molar-refractivity contribution in [1.29, 1.82) is 0 Å². The first-order valence-corrected chi connectivity index (χ1v) is 34.7. The SMILES string of the molecule is CC/C=C\C/C=C\C/C=C\C/C=C\C/C=C\C/C=C\CCCCCCCCCCCCCCC(=O)OCC(COC(=O)CCCCCCCCCCCCCCCC)OC(=O)CCCCCCCCC/C=C\C/C=C\CCCCCC. The van der Waals surface area contributed by atoms with Crippen LogP contribution in [0.3, 0.4) is 0 Å². The van der Waals surface area contributed by atoms with Gasteiger partial charge in [0.1, 0.15) is 13.2 Å². The fourth-order valence-electron chi connectivity index (χ4n) is 9.89. The van der Waals surface area contributed by atoms with Crippen LogP contribution in [-0.2, 0) is 28.6 Å². The molecule has 0 saturated heterocycles. The molecule has 81 heavy (non-hydrogen) atoms. The summed E-state index contributed by atoms with van der Waals surface area (Å²) in [5, 5.41) is 0. The van der Waals surface area contributed by atoms with Crippen LogP contribution in [0.4, 0.5) is 0 Å². The van der Waals surface area contributed by atoms with Crippen LogP contribution >= 0.6 is 0 Å². The Morgan fingerprint density at radius 3 is 0.765 bits per heavy atom. The van der Waals surface area contributed by atoms with Crippen LogP contribution < -0.4 is 0 Å². The quantitative estimate of drug-likeness (QED) is 0.0261. The number of unbranched alkanes of at least 4 members (excludes halogenated alkanes) is 36. The molecule has 0 saturated carbocycles. The second-order valence-corrected chi connectivity index (χ2v) is 23.1. The van der Waals surface area contributed by atoms with Crippen molar-refractivity contribution in [2.75, 3.05) is 13.2 Å². The van der Waals surface area contributed by atoms with Gasteiger partial charge in [-0.05, 0) is 103 Å². The highest BCUT2D eigenvalue weighted by molar-refractivity contribution is 5.71. The predicted octanol–water partition coefficient (Wildman–Crippen LogP) is 24.0. The van der Waals surface area contributed by atoms with E-state index in [0.29, 0.717) is 19.3 Å². The van der Waals surface area contributed by atoms with E-state index in [9.17, 15) is 14.4 Å². The van der Waals surface area contributed by atoms with Gasteiger partial charge in [-0.2, -0.15) is 0 Å². The zero-order chi connectivity index (χ0) is 58.5. The van der Waals surface area contributed by atoms with Crippen LogP contribution in [-0.4, -0.2) is 37.2 Å². The highest BCUT2D eigenvalue weighted by Gasteiger charge is 2.19. The molecule has 0 fully saturated rings. The normalized spacial score (nSPS) is 12.7. The number of ether oxygens (including phenoxy) is 3. The molecular weight excluding hydrogens is 997 g/mol. The zero-order valence-electron chi connectivity index (χ0n) is 53.5. The first-order chi connectivity index (χ1) is 40.0. The summed E-state index contributed by atoms with van der Waals surface area (Å²) in [5.41, 5.74) is 0. The molecule has 0 aliphatic heterocycles. The molecule has 0 aromatic carbocycles. The van der Waals surface area contributed by atoms with Crippen molar-refractivity contribution in [2.45, 2.75) is 348 Å². The summed E-state index contributed by atoms with van der Waals surface area (Å²) in [6.07, 6.45) is 92.8. The lowest BCUT2D eigenvalue weighted by atomic mass is 10.0. The van der Waals surface area contributed by atoms with Crippen LogP contribution in [0.25, 0.3) is 0 Å². The molecule has 6 heteroatoms. The molecule has 1 atom stereocenters. The minimum atomic E-state index is -0.782. The molecule has 0 bridgehead atoms. The van der Waals surface area contributed by atoms with Gasteiger partial charge in [-0.15, -0.1) is 0 Å². The van der Waals surface area contributed by atoms with Crippen LogP contribution in [0, 0.1) is 0 Å². The van der Waals surface area contributed by atoms with E-state index in [0.717, 1.165) is 109 Å². The monoisotopic (exact) mass is 1130 g/mol. The Kier molecular flexibility index (Phi) is 65.7. The molecule has 0 spiro atoms. The summed E-state index contributed by atoms with van der Waals surface area (Å²) < 4.78 is 17.0. The van der Waals surface area contributed by atoms with Gasteiger partial charge in [0, 0.05) is 19.3 Å². The molecule has 0 radical (unpaired) electrons. The Morgan fingerprint density at radius 1 is 0.259 bits per heavy atom. The number of carbonyl (C=O) groups is 3. The van der Waals surface area contributed by atoms with Crippen molar-refractivity contribution >= 4 is 17.9 Å². The second-order valence-electron chi connectivity index (χ2n) is 23.1. The lowest BCUT2D eigenvalue weighted by molar-refractivity contribution is -0.167. The first kappa shape index (κ1) is 77.3. The number of allylic oxidation sites excluding steroid dienone is 16. The standard InChI is InChI=1S/C75H130O6/c1-4-7-10-13-16-19-22-25-28-30-32-33-34-35-36-37-38-39-40-41-42-43-44-46-47-50-53-56-59-62-65-68-74(77)80-71-72(70-79-73(76)67-64-61-58-55-52-49-27-24-21-18-15-12-9-6-3)81-75(78)69-66-63-60-57-54-51-48-45-31-29-26-23-20-17-14-11-8-5-2/h7,10,16,19-20,23,25,28-29,31-33,35-36,38-39,72H,4-6,8-9,11-15,17-18,21-22,24,26-27,30,34,37,40-71H2,1-3H3/b10-7-,19-16-,23-20-,28-25-,31-29-,33-32-,36-35-,39-38-. The minimum Gasteiger partial charge on any atom is -0.462 e. The van der Waals surface area contributed by atoms with Crippen molar-refractivity contribution in [3.8, 4) is 0 Å². The van der Waals surface area contributed by atoms with E-state index in [-0.39, 0.29) is 31.1 Å². The van der Waals surface area contributed by atoms with Gasteiger partial charge in [0.05, 0.1) is 0 Å². The molecular formula is C75H130O6. The summed E-state index contributed by atoms with van der Waals surface area (Å²) >= 11 is 0. The maximum Gasteiger partial charge on any atom is 0.306 e. The smallest absolute Gasteiger partial charge is 0.306 e. The highest BCUT2D eigenvalue weighted by Crippen LogP contribution is 2.17. The van der Waals surface area contributed by atoms with Gasteiger partial charge in [-0.3, -0.25) is 14.4 Å². The number of hydrogen-bond donors (Lipinski definition) is 0. The zero-order valence-corrected chi connectivity index (χ0v) is 53.5. The van der Waals surface area contributed by atoms with Crippen molar-refractivity contribution in [2.24, 2.45) is 0 Å². The lowest BCUT2D eigenvalue weighted by Gasteiger charge is -2.18. The topological polar surface area (TPSA) is 78.9 Å². The third-order valence-corrected chi connectivity index (χ3v) is 15.1. The molecule has 0 amide bonds. The molecule has 0 N–H and O–H groups in total. The third kappa shape index (κ3) is 67.0. The van der Waals surface area contributed by atoms with E-state index in [1.54, 1.807) is 0 Å². The summed E-state index contributed by atoms with van der Waals surface area (Å²) in [7, 11) is 0. The lowest BCUT2D eigenvalue weighted by Crippen LogP contribution is -2.30. The molecule has 0 aromatic rings. The van der Waals surface area contributed by atoms with E-state index in [1.165, 1.54) is 193 Å². The molecule has 0 aliphatic rings. The van der Waals surface area contributed by atoms with Crippen LogP contribution in [0.15, 0.2) is 97.2 Å². The number of carbonyl (C=O) groups excluding carboxylic acids is 3. The summed E-state index contributed by atoms with van der Waals surface area (Å²) in [5.74, 6) is -0.870. The molecule has 1 unspecified atom stereocenters. The van der Waals surface area contributed by atoms with Gasteiger partial charge in [-0.25, -0.2) is 0 Å². The van der Waals surface area contributed by atoms with Crippen molar-refractivity contribution < 1.29 is 28.6 Å². The molecule has 0 aliphatic carbocycles. The van der Waals surface area contributed by atoms with E-state index in [2.05, 4.69) is 118 Å². The Balaban J connectivity index is 4.26. The average Bonchev–Trinajstić information content (AvgIpc) is 3.47. The Labute approximate surface area is 502 Å². The van der Waals surface area contributed by atoms with Gasteiger partial charge in [0.25, 0.3) is 0 Å². The number of hydrogen-bond acceptors (Lipinski definition) is 6. The fraction of sp³-hybridized carbons (Fsp3) is 0.747. The van der Waals surface area contributed by atoms with Crippen molar-refractivity contribution in [1.82, 2.24) is 0 Å². The van der Waals surface area contributed by atoms with E-state index < -0.39 is 6.10 Å². The average molecular weight is 1130 g/mol. The molecule has 466 valence electrons. The van der Waals surface area contributed by atoms with Crippen LogP contribution in [0.2, 0.25) is 0 Å². The van der Waals surface area contributed by atoms with E-state index in [1.807, 2.05) is 0 Å². The number of rotatable bonds is 63. The summed E-state index contributed by atoms with van der Waals surface area (Å²) in [4.78, 5) is 38.4. The van der Waals surface area contributed by atoms with Crippen LogP contribution in [0.1, 0.15) is 342 Å². The Morgan fingerprint density at radius 2 is 0.481 bits per heavy atom. The molecule has 0 heterocycles. The second kappa shape index (κ2) is 68.8. The largest absolute Gasteiger partial charge is 0.462 e. The summed E-state index contributed by atoms with van der Waals surface area (Å²) in [6.45, 7) is 6.54. The summed E-state index contributed by atoms with van der Waals surface area (Å²) in [6, 6.07) is 0. The maximum atomic E-state index is 12.9. The molecule has 6 nitrogen and oxygen atoms in total.